The minimum Gasteiger partial charge on any atom is -0.249 e. The lowest BCUT2D eigenvalue weighted by Gasteiger charge is -2.09. The number of hydrogen-bond acceptors (Lipinski definition) is 1. The van der Waals surface area contributed by atoms with Crippen molar-refractivity contribution in [2.45, 2.75) is 18.0 Å². The molecule has 2 rings (SSSR count). The van der Waals surface area contributed by atoms with Crippen LogP contribution in [0.4, 0.5) is 13.2 Å². The van der Waals surface area contributed by atoms with Crippen molar-refractivity contribution in [3.05, 3.63) is 71.8 Å². The third-order valence-corrected chi connectivity index (χ3v) is 4.38. The number of aryl methyl sites for hydroxylation is 1. The van der Waals surface area contributed by atoms with Crippen LogP contribution >= 0.6 is 0 Å². The van der Waals surface area contributed by atoms with Crippen molar-refractivity contribution < 1.29 is 17.4 Å². The molecular formula is C16H13F3OS. The molecule has 2 aromatic carbocycles. The van der Waals surface area contributed by atoms with E-state index in [2.05, 4.69) is 6.58 Å². The lowest BCUT2D eigenvalue weighted by Crippen LogP contribution is -2.04. The van der Waals surface area contributed by atoms with Crippen LogP contribution in [0.5, 0.6) is 0 Å². The molecule has 0 fully saturated rings. The minimum absolute atomic E-state index is 0.285. The van der Waals surface area contributed by atoms with Gasteiger partial charge in [0.1, 0.15) is 0 Å². The van der Waals surface area contributed by atoms with Gasteiger partial charge in [0.25, 0.3) is 0 Å². The summed E-state index contributed by atoms with van der Waals surface area (Å²) in [5.41, 5.74) is 0.734. The third kappa shape index (κ3) is 3.61. The summed E-state index contributed by atoms with van der Waals surface area (Å²) in [5.74, 6) is 0. The second-order valence-electron chi connectivity index (χ2n) is 4.58. The molecular weight excluding hydrogens is 297 g/mol. The number of alkyl halides is 3. The van der Waals surface area contributed by atoms with Gasteiger partial charge < -0.3 is 0 Å². The predicted molar refractivity (Wildman–Crippen MR) is 78.1 cm³/mol. The molecule has 0 bridgehead atoms. The molecule has 0 amide bonds. The van der Waals surface area contributed by atoms with E-state index in [4.69, 9.17) is 0 Å². The summed E-state index contributed by atoms with van der Waals surface area (Å²) in [6, 6.07) is 11.6. The highest BCUT2D eigenvalue weighted by molar-refractivity contribution is 7.94. The Hall–Kier alpha value is -1.88. The van der Waals surface area contributed by atoms with E-state index in [0.717, 1.165) is 17.7 Å². The van der Waals surface area contributed by atoms with Crippen LogP contribution in [-0.2, 0) is 17.0 Å². The largest absolute Gasteiger partial charge is 0.416 e. The van der Waals surface area contributed by atoms with Crippen molar-refractivity contribution in [3.8, 4) is 0 Å². The van der Waals surface area contributed by atoms with E-state index in [9.17, 15) is 17.4 Å². The Kier molecular flexibility index (Phi) is 4.32. The molecule has 0 aliphatic rings. The molecule has 0 saturated carbocycles. The van der Waals surface area contributed by atoms with E-state index < -0.39 is 22.5 Å². The molecule has 0 radical (unpaired) electrons. The average molecular weight is 310 g/mol. The van der Waals surface area contributed by atoms with Gasteiger partial charge in [-0.2, -0.15) is 13.2 Å². The molecule has 1 nitrogen and oxygen atoms in total. The second-order valence-corrected chi connectivity index (χ2v) is 6.08. The Morgan fingerprint density at radius 2 is 1.52 bits per heavy atom. The molecule has 0 heterocycles. The molecule has 0 unspecified atom stereocenters. The van der Waals surface area contributed by atoms with Crippen molar-refractivity contribution in [3.63, 3.8) is 0 Å². The van der Waals surface area contributed by atoms with Gasteiger partial charge in [-0.25, -0.2) is 4.21 Å². The summed E-state index contributed by atoms with van der Waals surface area (Å²) < 4.78 is 49.8. The van der Waals surface area contributed by atoms with Crippen molar-refractivity contribution in [2.24, 2.45) is 0 Å². The maximum absolute atomic E-state index is 12.5. The van der Waals surface area contributed by atoms with Crippen LogP contribution in [0.2, 0.25) is 0 Å². The van der Waals surface area contributed by atoms with E-state index in [-0.39, 0.29) is 4.91 Å². The summed E-state index contributed by atoms with van der Waals surface area (Å²) >= 11 is 0. The van der Waals surface area contributed by atoms with Gasteiger partial charge in [-0.3, -0.25) is 0 Å². The van der Waals surface area contributed by atoms with Gasteiger partial charge >= 0.3 is 6.18 Å². The quantitative estimate of drug-likeness (QED) is 0.796. The van der Waals surface area contributed by atoms with Gasteiger partial charge in [-0.05, 0) is 36.8 Å². The van der Waals surface area contributed by atoms with Crippen LogP contribution in [0.25, 0.3) is 4.91 Å². The molecule has 1 atom stereocenters. The Bertz CT molecular complexity index is 670. The Labute approximate surface area is 123 Å². The fourth-order valence-corrected chi connectivity index (χ4v) is 2.77. The third-order valence-electron chi connectivity index (χ3n) is 2.99. The molecule has 0 aliphatic heterocycles. The lowest BCUT2D eigenvalue weighted by molar-refractivity contribution is -0.137. The Morgan fingerprint density at radius 1 is 1.00 bits per heavy atom. The van der Waals surface area contributed by atoms with Gasteiger partial charge in [0.2, 0.25) is 0 Å². The first-order valence-electron chi connectivity index (χ1n) is 6.14. The first kappa shape index (κ1) is 15.5. The van der Waals surface area contributed by atoms with Crippen LogP contribution in [0.15, 0.2) is 60.0 Å². The summed E-state index contributed by atoms with van der Waals surface area (Å²) in [6.07, 6.45) is -4.38. The van der Waals surface area contributed by atoms with Crippen LogP contribution < -0.4 is 0 Å². The maximum Gasteiger partial charge on any atom is 0.416 e. The first-order valence-corrected chi connectivity index (χ1v) is 7.29. The molecule has 21 heavy (non-hydrogen) atoms. The van der Waals surface area contributed by atoms with Crippen LogP contribution in [0.1, 0.15) is 16.7 Å². The highest BCUT2D eigenvalue weighted by Gasteiger charge is 2.30. The summed E-state index contributed by atoms with van der Waals surface area (Å²) in [5, 5.41) is 0. The lowest BCUT2D eigenvalue weighted by atomic mass is 10.1. The predicted octanol–water partition coefficient (Wildman–Crippen LogP) is 4.79. The maximum atomic E-state index is 12.5. The van der Waals surface area contributed by atoms with Gasteiger partial charge in [0, 0.05) is 9.80 Å². The highest BCUT2D eigenvalue weighted by atomic mass is 32.2. The smallest absolute Gasteiger partial charge is 0.249 e. The van der Waals surface area contributed by atoms with E-state index >= 15 is 0 Å². The molecule has 110 valence electrons. The zero-order chi connectivity index (χ0) is 15.6. The molecule has 0 saturated heterocycles. The zero-order valence-electron chi connectivity index (χ0n) is 11.3. The van der Waals surface area contributed by atoms with E-state index in [0.29, 0.717) is 10.5 Å². The number of rotatable bonds is 3. The second kappa shape index (κ2) is 5.85. The topological polar surface area (TPSA) is 17.1 Å². The normalized spacial score (nSPS) is 13.0. The molecule has 2 aromatic rings. The molecule has 0 N–H and O–H groups in total. The van der Waals surface area contributed by atoms with Gasteiger partial charge in [-0.1, -0.05) is 36.4 Å². The standard InChI is InChI=1S/C16H13F3OS/c1-11-3-9-15(10-4-11)21(20)12(2)13-5-7-14(8-6-13)16(17,18)19/h3-10H,2H2,1H3/t21-/m1/s1. The number of benzene rings is 2. The van der Waals surface area contributed by atoms with E-state index in [1.165, 1.54) is 12.1 Å². The molecule has 0 aliphatic carbocycles. The summed E-state index contributed by atoms with van der Waals surface area (Å²) in [6.45, 7) is 5.65. The van der Waals surface area contributed by atoms with Crippen LogP contribution in [-0.4, -0.2) is 4.21 Å². The van der Waals surface area contributed by atoms with E-state index in [1.54, 1.807) is 12.1 Å². The zero-order valence-corrected chi connectivity index (χ0v) is 12.1. The Morgan fingerprint density at radius 3 is 2.00 bits per heavy atom. The summed E-state index contributed by atoms with van der Waals surface area (Å²) in [7, 11) is -1.49. The SMILES string of the molecule is C=C(c1ccc(C(F)(F)F)cc1)[S@@](=O)c1ccc(C)cc1. The minimum atomic E-state index is -4.38. The van der Waals surface area contributed by atoms with E-state index in [1.807, 2.05) is 19.1 Å². The first-order chi connectivity index (χ1) is 9.79. The number of hydrogen-bond donors (Lipinski definition) is 0. The molecule has 5 heteroatoms. The van der Waals surface area contributed by atoms with Crippen molar-refractivity contribution in [2.75, 3.05) is 0 Å². The van der Waals surface area contributed by atoms with Gasteiger partial charge in [0.05, 0.1) is 16.4 Å². The highest BCUT2D eigenvalue weighted by Crippen LogP contribution is 2.31. The van der Waals surface area contributed by atoms with Crippen LogP contribution in [0.3, 0.4) is 0 Å². The fraction of sp³-hybridized carbons (Fsp3) is 0.125. The van der Waals surface area contributed by atoms with Gasteiger partial charge in [-0.15, -0.1) is 0 Å². The Balaban J connectivity index is 2.24. The molecule has 0 aromatic heterocycles. The van der Waals surface area contributed by atoms with Crippen LogP contribution in [0, 0.1) is 6.92 Å². The average Bonchev–Trinajstić information content (AvgIpc) is 2.46. The monoisotopic (exact) mass is 310 g/mol. The van der Waals surface area contributed by atoms with Gasteiger partial charge in [0.15, 0.2) is 0 Å². The van der Waals surface area contributed by atoms with Crippen molar-refractivity contribution in [1.29, 1.82) is 0 Å². The van der Waals surface area contributed by atoms with Crippen molar-refractivity contribution in [1.82, 2.24) is 0 Å². The number of halogens is 3. The summed E-state index contributed by atoms with van der Waals surface area (Å²) in [4.78, 5) is 0.859. The molecule has 0 spiro atoms. The van der Waals surface area contributed by atoms with Crippen molar-refractivity contribution >= 4 is 15.7 Å². The fourth-order valence-electron chi connectivity index (χ4n) is 1.76.